The molecule has 11 heavy (non-hydrogen) atoms. The number of halogens is 1. The first-order valence-electron chi connectivity index (χ1n) is 4.54. The maximum atomic E-state index is 3.64. The molecule has 1 saturated carbocycles. The summed E-state index contributed by atoms with van der Waals surface area (Å²) in [6.07, 6.45) is 5.71. The lowest BCUT2D eigenvalue weighted by Crippen LogP contribution is -2.35. The van der Waals surface area contributed by atoms with E-state index in [-0.39, 0.29) is 0 Å². The van der Waals surface area contributed by atoms with E-state index >= 15 is 0 Å². The first kappa shape index (κ1) is 9.57. The maximum Gasteiger partial charge on any atom is 0.00881 e. The van der Waals surface area contributed by atoms with Crippen LogP contribution in [0.2, 0.25) is 0 Å². The van der Waals surface area contributed by atoms with E-state index in [1.54, 1.807) is 0 Å². The normalized spacial score (nSPS) is 22.9. The van der Waals surface area contributed by atoms with Gasteiger partial charge in [-0.3, -0.25) is 0 Å². The lowest BCUT2D eigenvalue weighted by molar-refractivity contribution is 0.0988. The molecule has 0 saturated heterocycles. The van der Waals surface area contributed by atoms with E-state index in [1.807, 2.05) is 0 Å². The third-order valence-corrected chi connectivity index (χ3v) is 3.79. The molecule has 0 N–H and O–H groups in total. The van der Waals surface area contributed by atoms with Crippen LogP contribution in [0.4, 0.5) is 0 Å². The second kappa shape index (κ2) is 3.08. The van der Waals surface area contributed by atoms with Gasteiger partial charge in [-0.25, -0.2) is 0 Å². The lowest BCUT2D eigenvalue weighted by atomic mass is 9.63. The van der Waals surface area contributed by atoms with Gasteiger partial charge >= 0.3 is 0 Å². The number of hydrogen-bond acceptors (Lipinski definition) is 0. The van der Waals surface area contributed by atoms with Gasteiger partial charge in [0.15, 0.2) is 0 Å². The van der Waals surface area contributed by atoms with Crippen LogP contribution < -0.4 is 0 Å². The topological polar surface area (TPSA) is 0 Å². The first-order chi connectivity index (χ1) is 4.97. The molecule has 0 atom stereocenters. The monoisotopic (exact) mass is 218 g/mol. The van der Waals surface area contributed by atoms with Crippen LogP contribution in [0.25, 0.3) is 0 Å². The molecule has 1 heteroatoms. The van der Waals surface area contributed by atoms with Gasteiger partial charge in [-0.2, -0.15) is 0 Å². The largest absolute Gasteiger partial charge is 0.0922 e. The average molecular weight is 219 g/mol. The van der Waals surface area contributed by atoms with Crippen molar-refractivity contribution in [1.82, 2.24) is 0 Å². The molecule has 0 nitrogen and oxygen atoms in total. The molecule has 0 aromatic heterocycles. The van der Waals surface area contributed by atoms with Crippen molar-refractivity contribution in [3.8, 4) is 0 Å². The third kappa shape index (κ3) is 2.47. The van der Waals surface area contributed by atoms with Crippen LogP contribution in [0.3, 0.4) is 0 Å². The molecular formula is C10H19Br. The number of hydrogen-bond donors (Lipinski definition) is 0. The van der Waals surface area contributed by atoms with E-state index in [4.69, 9.17) is 0 Å². The molecular weight excluding hydrogens is 200 g/mol. The highest BCUT2D eigenvalue weighted by Gasteiger charge is 2.38. The van der Waals surface area contributed by atoms with E-state index in [0.717, 1.165) is 0 Å². The van der Waals surface area contributed by atoms with E-state index in [1.165, 1.54) is 31.0 Å². The Morgan fingerprint density at radius 2 is 1.82 bits per heavy atom. The van der Waals surface area contributed by atoms with Gasteiger partial charge < -0.3 is 0 Å². The molecule has 0 radical (unpaired) electrons. The summed E-state index contributed by atoms with van der Waals surface area (Å²) in [5, 5.41) is 1.21. The average Bonchev–Trinajstić information content (AvgIpc) is 1.77. The van der Waals surface area contributed by atoms with Gasteiger partial charge in [0.25, 0.3) is 0 Å². The fourth-order valence-electron chi connectivity index (χ4n) is 2.16. The lowest BCUT2D eigenvalue weighted by Gasteiger charge is -2.44. The fraction of sp³-hybridized carbons (Fsp3) is 1.00. The maximum absolute atomic E-state index is 3.64. The Morgan fingerprint density at radius 1 is 1.27 bits per heavy atom. The standard InChI is InChI=1S/C10H19Br/c1-9(2,3)7-10(8-11)5-4-6-10/h4-8H2,1-3H3. The quantitative estimate of drug-likeness (QED) is 0.616. The minimum absolute atomic E-state index is 0.508. The molecule has 0 aliphatic heterocycles. The van der Waals surface area contributed by atoms with Gasteiger partial charge in [0.05, 0.1) is 0 Å². The van der Waals surface area contributed by atoms with Crippen LogP contribution in [0, 0.1) is 10.8 Å². The summed E-state index contributed by atoms with van der Waals surface area (Å²) in [7, 11) is 0. The first-order valence-corrected chi connectivity index (χ1v) is 5.66. The second-order valence-electron chi connectivity index (χ2n) is 5.22. The summed E-state index contributed by atoms with van der Waals surface area (Å²) in [5.74, 6) is 0. The second-order valence-corrected chi connectivity index (χ2v) is 5.79. The van der Waals surface area contributed by atoms with E-state index < -0.39 is 0 Å². The van der Waals surface area contributed by atoms with Gasteiger partial charge in [-0.05, 0) is 30.1 Å². The third-order valence-electron chi connectivity index (χ3n) is 2.60. The van der Waals surface area contributed by atoms with Crippen LogP contribution >= 0.6 is 15.9 Å². The predicted octanol–water partition coefficient (Wildman–Crippen LogP) is 3.99. The molecule has 1 rings (SSSR count). The smallest absolute Gasteiger partial charge is 0.00881 e. The van der Waals surface area contributed by atoms with Crippen molar-refractivity contribution in [2.75, 3.05) is 5.33 Å². The Balaban J connectivity index is 2.45. The molecule has 0 aromatic rings. The van der Waals surface area contributed by atoms with Crippen molar-refractivity contribution < 1.29 is 0 Å². The molecule has 0 aromatic carbocycles. The van der Waals surface area contributed by atoms with Gasteiger partial charge in [-0.1, -0.05) is 43.1 Å². The molecule has 1 aliphatic carbocycles. The predicted molar refractivity (Wildman–Crippen MR) is 54.2 cm³/mol. The summed E-state index contributed by atoms with van der Waals surface area (Å²) in [5.41, 5.74) is 1.17. The summed E-state index contributed by atoms with van der Waals surface area (Å²) < 4.78 is 0. The zero-order valence-electron chi connectivity index (χ0n) is 7.91. The Hall–Kier alpha value is 0.480. The number of rotatable bonds is 2. The van der Waals surface area contributed by atoms with Crippen LogP contribution in [-0.4, -0.2) is 5.33 Å². The van der Waals surface area contributed by atoms with E-state index in [9.17, 15) is 0 Å². The van der Waals surface area contributed by atoms with E-state index in [0.29, 0.717) is 10.8 Å². The molecule has 0 bridgehead atoms. The van der Waals surface area contributed by atoms with Crippen molar-refractivity contribution in [1.29, 1.82) is 0 Å². The molecule has 0 heterocycles. The van der Waals surface area contributed by atoms with Gasteiger partial charge in [0, 0.05) is 5.33 Å². The van der Waals surface area contributed by atoms with Gasteiger partial charge in [0.2, 0.25) is 0 Å². The van der Waals surface area contributed by atoms with Crippen molar-refractivity contribution in [3.05, 3.63) is 0 Å². The molecule has 66 valence electrons. The highest BCUT2D eigenvalue weighted by atomic mass is 79.9. The SMILES string of the molecule is CC(C)(C)CC1(CBr)CCC1. The Labute approximate surface area is 78.9 Å². The Morgan fingerprint density at radius 3 is 1.91 bits per heavy atom. The Bertz CT molecular complexity index is 123. The van der Waals surface area contributed by atoms with Gasteiger partial charge in [-0.15, -0.1) is 0 Å². The molecule has 0 unspecified atom stereocenters. The van der Waals surface area contributed by atoms with Crippen molar-refractivity contribution in [2.45, 2.75) is 46.5 Å². The van der Waals surface area contributed by atoms with Crippen molar-refractivity contribution >= 4 is 15.9 Å². The zero-order valence-corrected chi connectivity index (χ0v) is 9.50. The van der Waals surface area contributed by atoms with Crippen LogP contribution in [0.15, 0.2) is 0 Å². The van der Waals surface area contributed by atoms with Crippen molar-refractivity contribution in [3.63, 3.8) is 0 Å². The highest BCUT2D eigenvalue weighted by Crippen LogP contribution is 2.49. The van der Waals surface area contributed by atoms with Crippen LogP contribution in [-0.2, 0) is 0 Å². The molecule has 0 spiro atoms. The van der Waals surface area contributed by atoms with E-state index in [2.05, 4.69) is 36.7 Å². The summed E-state index contributed by atoms with van der Waals surface area (Å²) >= 11 is 3.64. The summed E-state index contributed by atoms with van der Waals surface area (Å²) in [6.45, 7) is 7.03. The minimum Gasteiger partial charge on any atom is -0.0922 e. The molecule has 0 amide bonds. The zero-order chi connectivity index (χ0) is 8.54. The molecule has 1 fully saturated rings. The summed E-state index contributed by atoms with van der Waals surface area (Å²) in [6, 6.07) is 0. The minimum atomic E-state index is 0.508. The van der Waals surface area contributed by atoms with Crippen molar-refractivity contribution in [2.24, 2.45) is 10.8 Å². The highest BCUT2D eigenvalue weighted by molar-refractivity contribution is 9.09. The molecule has 1 aliphatic rings. The summed E-state index contributed by atoms with van der Waals surface area (Å²) in [4.78, 5) is 0. The Kier molecular flexibility index (Phi) is 2.68. The van der Waals surface area contributed by atoms with Gasteiger partial charge in [0.1, 0.15) is 0 Å². The fourth-order valence-corrected chi connectivity index (χ4v) is 2.92. The van der Waals surface area contributed by atoms with Crippen LogP contribution in [0.1, 0.15) is 46.5 Å². The number of alkyl halides is 1. The van der Waals surface area contributed by atoms with Crippen LogP contribution in [0.5, 0.6) is 0 Å².